The van der Waals surface area contributed by atoms with E-state index in [0.29, 0.717) is 10.6 Å². The average molecular weight is 237 g/mol. The van der Waals surface area contributed by atoms with Crippen LogP contribution in [-0.2, 0) is 4.79 Å². The fourth-order valence-electron chi connectivity index (χ4n) is 1.55. The van der Waals surface area contributed by atoms with Gasteiger partial charge in [-0.15, -0.1) is 11.8 Å². The monoisotopic (exact) mass is 237 g/mol. The van der Waals surface area contributed by atoms with Gasteiger partial charge in [-0.2, -0.15) is 0 Å². The van der Waals surface area contributed by atoms with Gasteiger partial charge in [0.05, 0.1) is 0 Å². The summed E-state index contributed by atoms with van der Waals surface area (Å²) < 4.78 is 0. The van der Waals surface area contributed by atoms with Gasteiger partial charge in [-0.25, -0.2) is 4.79 Å². The summed E-state index contributed by atoms with van der Waals surface area (Å²) in [5, 5.41) is 19.1. The molecular formula is C11H11NO3S. The standard InChI is InChI=1S/C11H11NO3S/c1-6-9(11(14)15)12-10(16-6)7-4-2-3-5-8(7)13/h2-6,9,13H,1H3,(H,14,15)/t6-,9-/m0/s1. The molecule has 16 heavy (non-hydrogen) atoms. The van der Waals surface area contributed by atoms with Crippen LogP contribution in [0.15, 0.2) is 29.3 Å². The summed E-state index contributed by atoms with van der Waals surface area (Å²) in [7, 11) is 0. The smallest absolute Gasteiger partial charge is 0.329 e. The predicted molar refractivity (Wildman–Crippen MR) is 63.1 cm³/mol. The molecule has 0 saturated carbocycles. The van der Waals surface area contributed by atoms with Crippen LogP contribution in [0.5, 0.6) is 5.75 Å². The second kappa shape index (κ2) is 4.17. The molecule has 1 aliphatic heterocycles. The van der Waals surface area contributed by atoms with Crippen molar-refractivity contribution >= 4 is 22.8 Å². The number of thioether (sulfide) groups is 1. The van der Waals surface area contributed by atoms with Crippen molar-refractivity contribution in [2.45, 2.75) is 18.2 Å². The van der Waals surface area contributed by atoms with E-state index in [9.17, 15) is 9.90 Å². The Kier molecular flexibility index (Phi) is 2.87. The first kappa shape index (κ1) is 11.0. The van der Waals surface area contributed by atoms with Gasteiger partial charge in [-0.1, -0.05) is 19.1 Å². The topological polar surface area (TPSA) is 69.9 Å². The second-order valence-electron chi connectivity index (χ2n) is 3.56. The van der Waals surface area contributed by atoms with Gasteiger partial charge >= 0.3 is 5.97 Å². The molecule has 0 fully saturated rings. The number of hydrogen-bond acceptors (Lipinski definition) is 4. The lowest BCUT2D eigenvalue weighted by molar-refractivity contribution is -0.138. The molecule has 84 valence electrons. The number of benzene rings is 1. The number of carbonyl (C=O) groups is 1. The minimum Gasteiger partial charge on any atom is -0.507 e. The van der Waals surface area contributed by atoms with Gasteiger partial charge in [0, 0.05) is 10.8 Å². The van der Waals surface area contributed by atoms with Gasteiger partial charge in [-0.05, 0) is 12.1 Å². The Morgan fingerprint density at radius 2 is 2.12 bits per heavy atom. The fourth-order valence-corrected chi connectivity index (χ4v) is 2.68. The number of aliphatic carboxylic acids is 1. The van der Waals surface area contributed by atoms with Gasteiger partial charge in [0.15, 0.2) is 6.04 Å². The molecule has 1 aromatic carbocycles. The van der Waals surface area contributed by atoms with Crippen LogP contribution in [0.25, 0.3) is 0 Å². The summed E-state index contributed by atoms with van der Waals surface area (Å²) in [4.78, 5) is 15.0. The first-order valence-corrected chi connectivity index (χ1v) is 5.73. The molecule has 0 saturated heterocycles. The molecule has 0 amide bonds. The number of carboxylic acid groups (broad SMARTS) is 1. The largest absolute Gasteiger partial charge is 0.507 e. The van der Waals surface area contributed by atoms with Crippen LogP contribution in [0.1, 0.15) is 12.5 Å². The van der Waals surface area contributed by atoms with Crippen LogP contribution >= 0.6 is 11.8 Å². The van der Waals surface area contributed by atoms with E-state index in [4.69, 9.17) is 5.11 Å². The Labute approximate surface area is 97.0 Å². The molecule has 2 N–H and O–H groups in total. The summed E-state index contributed by atoms with van der Waals surface area (Å²) in [6.45, 7) is 1.82. The van der Waals surface area contributed by atoms with Crippen molar-refractivity contribution in [3.8, 4) is 5.75 Å². The minimum atomic E-state index is -0.926. The van der Waals surface area contributed by atoms with E-state index in [1.165, 1.54) is 11.8 Å². The highest BCUT2D eigenvalue weighted by Crippen LogP contribution is 2.33. The van der Waals surface area contributed by atoms with Gasteiger partial charge < -0.3 is 10.2 Å². The molecular weight excluding hydrogens is 226 g/mol. The van der Waals surface area contributed by atoms with Crippen molar-refractivity contribution in [2.24, 2.45) is 4.99 Å². The second-order valence-corrected chi connectivity index (χ2v) is 4.92. The summed E-state index contributed by atoms with van der Waals surface area (Å²) in [6.07, 6.45) is 0. The first-order chi connectivity index (χ1) is 7.59. The molecule has 0 radical (unpaired) electrons. The molecule has 0 bridgehead atoms. The number of para-hydroxylation sites is 1. The fraction of sp³-hybridized carbons (Fsp3) is 0.273. The van der Waals surface area contributed by atoms with Crippen molar-refractivity contribution < 1.29 is 15.0 Å². The number of phenols is 1. The lowest BCUT2D eigenvalue weighted by Crippen LogP contribution is -2.24. The Balaban J connectivity index is 2.34. The number of nitrogens with zero attached hydrogens (tertiary/aromatic N) is 1. The van der Waals surface area contributed by atoms with Gasteiger partial charge in [0.2, 0.25) is 0 Å². The zero-order valence-corrected chi connectivity index (χ0v) is 9.44. The maximum Gasteiger partial charge on any atom is 0.329 e. The molecule has 0 aromatic heterocycles. The normalized spacial score (nSPS) is 24.2. The number of rotatable bonds is 2. The van der Waals surface area contributed by atoms with E-state index in [2.05, 4.69) is 4.99 Å². The SMILES string of the molecule is C[C@@H]1SC(c2ccccc2O)=N[C@@H]1C(=O)O. The number of aromatic hydroxyl groups is 1. The summed E-state index contributed by atoms with van der Waals surface area (Å²) in [5.41, 5.74) is 0.600. The third-order valence-electron chi connectivity index (χ3n) is 2.39. The van der Waals surface area contributed by atoms with E-state index < -0.39 is 12.0 Å². The van der Waals surface area contributed by atoms with E-state index in [1.807, 2.05) is 6.92 Å². The molecule has 4 nitrogen and oxygen atoms in total. The molecule has 0 unspecified atom stereocenters. The van der Waals surface area contributed by atoms with Gasteiger partial charge in [0.25, 0.3) is 0 Å². The number of phenolic OH excluding ortho intramolecular Hbond substituents is 1. The van der Waals surface area contributed by atoms with Crippen molar-refractivity contribution in [1.82, 2.24) is 0 Å². The van der Waals surface area contributed by atoms with E-state index in [0.717, 1.165) is 0 Å². The highest BCUT2D eigenvalue weighted by molar-refractivity contribution is 8.15. The Hall–Kier alpha value is -1.49. The summed E-state index contributed by atoms with van der Waals surface area (Å²) in [6, 6.07) is 6.09. The average Bonchev–Trinajstić information content (AvgIpc) is 2.61. The Bertz CT molecular complexity index is 458. The highest BCUT2D eigenvalue weighted by Gasteiger charge is 2.33. The molecule has 1 aliphatic rings. The summed E-state index contributed by atoms with van der Waals surface area (Å²) >= 11 is 1.38. The zero-order valence-electron chi connectivity index (χ0n) is 8.62. The number of aliphatic imine (C=N–C) groups is 1. The molecule has 2 rings (SSSR count). The lowest BCUT2D eigenvalue weighted by atomic mass is 10.2. The highest BCUT2D eigenvalue weighted by atomic mass is 32.2. The van der Waals surface area contributed by atoms with Crippen molar-refractivity contribution in [3.63, 3.8) is 0 Å². The zero-order chi connectivity index (χ0) is 11.7. The van der Waals surface area contributed by atoms with Crippen LogP contribution in [0.2, 0.25) is 0 Å². The third kappa shape index (κ3) is 1.90. The third-order valence-corrected chi connectivity index (χ3v) is 3.56. The van der Waals surface area contributed by atoms with E-state index >= 15 is 0 Å². The lowest BCUT2D eigenvalue weighted by Gasteiger charge is -2.05. The molecule has 5 heteroatoms. The first-order valence-electron chi connectivity index (χ1n) is 4.85. The predicted octanol–water partition coefficient (Wildman–Crippen LogP) is 1.73. The molecule has 2 atom stereocenters. The summed E-state index contributed by atoms with van der Waals surface area (Å²) in [5.74, 6) is -0.794. The van der Waals surface area contributed by atoms with Gasteiger partial charge in [-0.3, -0.25) is 4.99 Å². The van der Waals surface area contributed by atoms with Gasteiger partial charge in [0.1, 0.15) is 10.8 Å². The van der Waals surface area contributed by atoms with Crippen LogP contribution in [0, 0.1) is 0 Å². The van der Waals surface area contributed by atoms with E-state index in [-0.39, 0.29) is 11.0 Å². The van der Waals surface area contributed by atoms with Crippen molar-refractivity contribution in [2.75, 3.05) is 0 Å². The van der Waals surface area contributed by atoms with Crippen LogP contribution in [-0.4, -0.2) is 32.5 Å². The number of hydrogen-bond donors (Lipinski definition) is 2. The quantitative estimate of drug-likeness (QED) is 0.821. The molecule has 0 aliphatic carbocycles. The number of carboxylic acids is 1. The van der Waals surface area contributed by atoms with Crippen LogP contribution in [0.3, 0.4) is 0 Å². The minimum absolute atomic E-state index is 0.105. The molecule has 0 spiro atoms. The Morgan fingerprint density at radius 1 is 1.44 bits per heavy atom. The van der Waals surface area contributed by atoms with Crippen molar-refractivity contribution in [3.05, 3.63) is 29.8 Å². The van der Waals surface area contributed by atoms with Crippen LogP contribution in [0.4, 0.5) is 0 Å². The maximum absolute atomic E-state index is 10.9. The molecule has 1 aromatic rings. The van der Waals surface area contributed by atoms with Crippen LogP contribution < -0.4 is 0 Å². The van der Waals surface area contributed by atoms with E-state index in [1.54, 1.807) is 24.3 Å². The molecule has 1 heterocycles. The Morgan fingerprint density at radius 3 is 2.69 bits per heavy atom. The maximum atomic E-state index is 10.9. The van der Waals surface area contributed by atoms with Crippen molar-refractivity contribution in [1.29, 1.82) is 0 Å².